The van der Waals surface area contributed by atoms with Crippen LogP contribution in [0.4, 0.5) is 13.2 Å². The third-order valence-corrected chi connectivity index (χ3v) is 6.14. The summed E-state index contributed by atoms with van der Waals surface area (Å²) in [6, 6.07) is 4.34. The van der Waals surface area contributed by atoms with Crippen LogP contribution < -0.4 is 5.32 Å². The van der Waals surface area contributed by atoms with Gasteiger partial charge in [-0.05, 0) is 48.4 Å². The SMILES string of the molecule is CCCCCCCCC(C)C1(CC)NCCc2ccc(C(F)(F)F)cc21. The lowest BCUT2D eigenvalue weighted by Gasteiger charge is -2.45. The maximum Gasteiger partial charge on any atom is 0.416 e. The Morgan fingerprint density at radius 2 is 1.77 bits per heavy atom. The third-order valence-electron chi connectivity index (χ3n) is 6.14. The molecule has 1 N–H and O–H groups in total. The summed E-state index contributed by atoms with van der Waals surface area (Å²) < 4.78 is 39.7. The third kappa shape index (κ3) is 4.82. The highest BCUT2D eigenvalue weighted by molar-refractivity contribution is 5.41. The Morgan fingerprint density at radius 3 is 2.42 bits per heavy atom. The molecule has 0 spiro atoms. The van der Waals surface area contributed by atoms with Crippen LogP contribution in [-0.2, 0) is 18.1 Å². The summed E-state index contributed by atoms with van der Waals surface area (Å²) in [5.74, 6) is 0.321. The molecule has 0 amide bonds. The number of nitrogens with one attached hydrogen (secondary N) is 1. The fourth-order valence-electron chi connectivity index (χ4n) is 4.48. The molecular weight excluding hydrogens is 335 g/mol. The number of fused-ring (bicyclic) bond motifs is 1. The second-order valence-electron chi connectivity index (χ2n) is 7.83. The summed E-state index contributed by atoms with van der Waals surface area (Å²) in [6.07, 6.45) is 5.87. The van der Waals surface area contributed by atoms with Crippen molar-refractivity contribution in [3.63, 3.8) is 0 Å². The van der Waals surface area contributed by atoms with E-state index < -0.39 is 11.7 Å². The van der Waals surface area contributed by atoms with Gasteiger partial charge in [0.1, 0.15) is 0 Å². The highest BCUT2D eigenvalue weighted by Crippen LogP contribution is 2.42. The van der Waals surface area contributed by atoms with Gasteiger partial charge in [-0.15, -0.1) is 0 Å². The molecule has 4 heteroatoms. The van der Waals surface area contributed by atoms with Crippen molar-refractivity contribution in [1.29, 1.82) is 0 Å². The van der Waals surface area contributed by atoms with Gasteiger partial charge in [0.05, 0.1) is 5.56 Å². The molecule has 0 saturated carbocycles. The summed E-state index contributed by atoms with van der Waals surface area (Å²) in [6.45, 7) is 7.36. The first-order valence-corrected chi connectivity index (χ1v) is 10.3. The summed E-state index contributed by atoms with van der Waals surface area (Å²) in [4.78, 5) is 0. The first kappa shape index (κ1) is 21.3. The van der Waals surface area contributed by atoms with Crippen molar-refractivity contribution in [3.05, 3.63) is 34.9 Å². The number of unbranched alkanes of at least 4 members (excludes halogenated alkanes) is 5. The van der Waals surface area contributed by atoms with Gasteiger partial charge in [0.15, 0.2) is 0 Å². The van der Waals surface area contributed by atoms with Gasteiger partial charge in [-0.3, -0.25) is 0 Å². The van der Waals surface area contributed by atoms with E-state index in [1.807, 2.05) is 0 Å². The van der Waals surface area contributed by atoms with Gasteiger partial charge in [0.2, 0.25) is 0 Å². The predicted octanol–water partition coefficient (Wildman–Crippen LogP) is 6.84. The minimum Gasteiger partial charge on any atom is -0.307 e. The van der Waals surface area contributed by atoms with Crippen LogP contribution in [0, 0.1) is 5.92 Å². The van der Waals surface area contributed by atoms with E-state index in [0.29, 0.717) is 5.92 Å². The minimum absolute atomic E-state index is 0.321. The van der Waals surface area contributed by atoms with E-state index in [-0.39, 0.29) is 5.54 Å². The number of hydrogen-bond donors (Lipinski definition) is 1. The molecule has 0 aromatic heterocycles. The van der Waals surface area contributed by atoms with E-state index in [0.717, 1.165) is 43.4 Å². The van der Waals surface area contributed by atoms with Crippen molar-refractivity contribution in [3.8, 4) is 0 Å². The van der Waals surface area contributed by atoms with Crippen LogP contribution in [0.2, 0.25) is 0 Å². The van der Waals surface area contributed by atoms with Crippen LogP contribution in [0.5, 0.6) is 0 Å². The largest absolute Gasteiger partial charge is 0.416 e. The maximum absolute atomic E-state index is 13.2. The topological polar surface area (TPSA) is 12.0 Å². The molecule has 26 heavy (non-hydrogen) atoms. The van der Waals surface area contributed by atoms with Gasteiger partial charge in [-0.1, -0.05) is 65.4 Å². The van der Waals surface area contributed by atoms with Gasteiger partial charge >= 0.3 is 6.18 Å². The Labute approximate surface area is 156 Å². The molecule has 0 radical (unpaired) electrons. The van der Waals surface area contributed by atoms with Gasteiger partial charge in [-0.2, -0.15) is 13.2 Å². The van der Waals surface area contributed by atoms with Crippen molar-refractivity contribution in [2.75, 3.05) is 6.54 Å². The lowest BCUT2D eigenvalue weighted by molar-refractivity contribution is -0.137. The molecule has 0 fully saturated rings. The standard InChI is InChI=1S/C22H34F3N/c1-4-6-7-8-9-10-11-17(3)21(5-2)20-16-19(22(23,24)25)13-12-18(20)14-15-26-21/h12-13,16-17,26H,4-11,14-15H2,1-3H3. The second kappa shape index (κ2) is 9.25. The molecule has 148 valence electrons. The van der Waals surface area contributed by atoms with Crippen molar-refractivity contribution in [2.45, 2.75) is 90.3 Å². The van der Waals surface area contributed by atoms with Crippen molar-refractivity contribution in [1.82, 2.24) is 5.32 Å². The zero-order chi connectivity index (χ0) is 19.2. The van der Waals surface area contributed by atoms with Crippen molar-refractivity contribution >= 4 is 0 Å². The molecule has 1 aliphatic heterocycles. The Hall–Kier alpha value is -1.03. The monoisotopic (exact) mass is 369 g/mol. The molecule has 0 aliphatic carbocycles. The van der Waals surface area contributed by atoms with Gasteiger partial charge < -0.3 is 5.32 Å². The number of hydrogen-bond acceptors (Lipinski definition) is 1. The first-order valence-electron chi connectivity index (χ1n) is 10.3. The molecule has 1 nitrogen and oxygen atoms in total. The van der Waals surface area contributed by atoms with Crippen LogP contribution in [0.15, 0.2) is 18.2 Å². The van der Waals surface area contributed by atoms with Crippen LogP contribution in [0.3, 0.4) is 0 Å². The molecule has 1 aromatic carbocycles. The maximum atomic E-state index is 13.2. The second-order valence-corrected chi connectivity index (χ2v) is 7.83. The van der Waals surface area contributed by atoms with E-state index in [2.05, 4.69) is 26.1 Å². The van der Waals surface area contributed by atoms with Crippen LogP contribution in [0.25, 0.3) is 0 Å². The number of benzene rings is 1. The average molecular weight is 370 g/mol. The molecule has 2 rings (SSSR count). The molecule has 1 aromatic rings. The molecule has 2 atom stereocenters. The molecular formula is C22H34F3N. The molecule has 0 bridgehead atoms. The molecule has 2 unspecified atom stereocenters. The van der Waals surface area contributed by atoms with E-state index in [1.165, 1.54) is 44.2 Å². The smallest absolute Gasteiger partial charge is 0.307 e. The molecule has 1 heterocycles. The predicted molar refractivity (Wildman–Crippen MR) is 102 cm³/mol. The summed E-state index contributed by atoms with van der Waals surface area (Å²) in [7, 11) is 0. The molecule has 1 aliphatic rings. The lowest BCUT2D eigenvalue weighted by atomic mass is 9.70. The Kier molecular flexibility index (Phi) is 7.57. The van der Waals surface area contributed by atoms with Gasteiger partial charge in [0, 0.05) is 12.1 Å². The lowest BCUT2D eigenvalue weighted by Crippen LogP contribution is -2.51. The van der Waals surface area contributed by atoms with E-state index >= 15 is 0 Å². The van der Waals surface area contributed by atoms with Crippen LogP contribution >= 0.6 is 0 Å². The number of alkyl halides is 3. The van der Waals surface area contributed by atoms with Gasteiger partial charge in [-0.25, -0.2) is 0 Å². The van der Waals surface area contributed by atoms with E-state index in [9.17, 15) is 13.2 Å². The number of rotatable bonds is 9. The Morgan fingerprint density at radius 1 is 1.08 bits per heavy atom. The Bertz CT molecular complexity index is 567. The van der Waals surface area contributed by atoms with Crippen LogP contribution in [0.1, 0.15) is 88.8 Å². The average Bonchev–Trinajstić information content (AvgIpc) is 2.62. The van der Waals surface area contributed by atoms with E-state index in [1.54, 1.807) is 6.07 Å². The summed E-state index contributed by atoms with van der Waals surface area (Å²) in [5, 5.41) is 3.61. The van der Waals surface area contributed by atoms with Gasteiger partial charge in [0.25, 0.3) is 0 Å². The normalized spacial score (nSPS) is 21.5. The molecule has 0 saturated heterocycles. The van der Waals surface area contributed by atoms with Crippen LogP contribution in [-0.4, -0.2) is 6.54 Å². The zero-order valence-corrected chi connectivity index (χ0v) is 16.5. The highest BCUT2D eigenvalue weighted by atomic mass is 19.4. The quantitative estimate of drug-likeness (QED) is 0.470. The summed E-state index contributed by atoms with van der Waals surface area (Å²) in [5.41, 5.74) is 1.09. The summed E-state index contributed by atoms with van der Waals surface area (Å²) >= 11 is 0. The zero-order valence-electron chi connectivity index (χ0n) is 16.5. The van der Waals surface area contributed by atoms with Crippen molar-refractivity contribution in [2.24, 2.45) is 5.92 Å². The highest BCUT2D eigenvalue weighted by Gasteiger charge is 2.41. The Balaban J connectivity index is 2.15. The fourth-order valence-corrected chi connectivity index (χ4v) is 4.48. The first-order chi connectivity index (χ1) is 12.3. The number of halogens is 3. The van der Waals surface area contributed by atoms with E-state index in [4.69, 9.17) is 0 Å². The fraction of sp³-hybridized carbons (Fsp3) is 0.727. The van der Waals surface area contributed by atoms with Crippen molar-refractivity contribution < 1.29 is 13.2 Å². The minimum atomic E-state index is -4.28.